The Balaban J connectivity index is 2.09. The molecule has 0 saturated heterocycles. The Labute approximate surface area is 103 Å². The lowest BCUT2D eigenvalue weighted by atomic mass is 9.46. The molecule has 1 aromatic carbocycles. The normalized spacial score (nSPS) is 36.0. The Kier molecular flexibility index (Phi) is 1.57. The van der Waals surface area contributed by atoms with Crippen molar-refractivity contribution in [2.75, 3.05) is 0 Å². The van der Waals surface area contributed by atoms with E-state index >= 15 is 0 Å². The molecular formula is C17H18. The molecular weight excluding hydrogens is 204 g/mol. The molecule has 17 heavy (non-hydrogen) atoms. The number of rotatable bonds is 1. The van der Waals surface area contributed by atoms with Gasteiger partial charge in [-0.15, -0.1) is 0 Å². The topological polar surface area (TPSA) is 0 Å². The minimum Gasteiger partial charge on any atom is -0.0648 e. The molecule has 0 nitrogen and oxygen atoms in total. The fraction of sp³-hybridized carbons (Fsp3) is 0.412. The molecule has 0 radical (unpaired) electrons. The van der Waals surface area contributed by atoms with Crippen LogP contribution < -0.4 is 0 Å². The predicted molar refractivity (Wildman–Crippen MR) is 72.0 cm³/mol. The second kappa shape index (κ2) is 2.75. The van der Waals surface area contributed by atoms with Gasteiger partial charge in [0.05, 0.1) is 0 Å². The van der Waals surface area contributed by atoms with Crippen molar-refractivity contribution in [2.24, 2.45) is 5.41 Å². The van der Waals surface area contributed by atoms with Crippen molar-refractivity contribution in [3.8, 4) is 0 Å². The molecule has 1 fully saturated rings. The quantitative estimate of drug-likeness (QED) is 0.666. The van der Waals surface area contributed by atoms with Gasteiger partial charge in [0, 0.05) is 5.41 Å². The van der Waals surface area contributed by atoms with Crippen LogP contribution in [0.3, 0.4) is 0 Å². The summed E-state index contributed by atoms with van der Waals surface area (Å²) in [6.45, 7) is 4.85. The van der Waals surface area contributed by atoms with Gasteiger partial charge in [-0.05, 0) is 41.4 Å². The minimum atomic E-state index is 0.331. The fourth-order valence-corrected chi connectivity index (χ4v) is 4.59. The van der Waals surface area contributed by atoms with E-state index in [9.17, 15) is 0 Å². The van der Waals surface area contributed by atoms with Crippen molar-refractivity contribution in [1.29, 1.82) is 0 Å². The molecule has 0 aromatic heterocycles. The summed E-state index contributed by atoms with van der Waals surface area (Å²) in [7, 11) is 0. The van der Waals surface area contributed by atoms with E-state index in [2.05, 4.69) is 50.3 Å². The van der Waals surface area contributed by atoms with Crippen LogP contribution in [0, 0.1) is 5.41 Å². The molecule has 1 saturated carbocycles. The average molecular weight is 222 g/mol. The van der Waals surface area contributed by atoms with Crippen LogP contribution in [-0.4, -0.2) is 0 Å². The van der Waals surface area contributed by atoms with E-state index in [0.717, 1.165) is 0 Å². The first-order valence-electron chi connectivity index (χ1n) is 6.71. The van der Waals surface area contributed by atoms with Crippen molar-refractivity contribution in [1.82, 2.24) is 0 Å². The number of hydrogen-bond donors (Lipinski definition) is 0. The van der Waals surface area contributed by atoms with Crippen LogP contribution >= 0.6 is 0 Å². The maximum atomic E-state index is 2.48. The standard InChI is InChI=1S/C17H18/c1-3-17-10-13-8-4-6-12-7-5-9-14(11-17)16(17,2)15(12)13/h4-9H,3,10-11H2,1-2H3. The highest BCUT2D eigenvalue weighted by molar-refractivity contribution is 5.70. The monoisotopic (exact) mass is 222 g/mol. The van der Waals surface area contributed by atoms with Gasteiger partial charge in [0.2, 0.25) is 0 Å². The summed E-state index contributed by atoms with van der Waals surface area (Å²) in [5.74, 6) is 0. The number of benzene rings is 1. The van der Waals surface area contributed by atoms with Crippen molar-refractivity contribution in [2.45, 2.75) is 38.5 Å². The molecule has 0 N–H and O–H groups in total. The molecule has 2 unspecified atom stereocenters. The van der Waals surface area contributed by atoms with Crippen LogP contribution in [0.4, 0.5) is 0 Å². The van der Waals surface area contributed by atoms with Gasteiger partial charge in [-0.3, -0.25) is 0 Å². The van der Waals surface area contributed by atoms with Crippen molar-refractivity contribution in [3.63, 3.8) is 0 Å². The first-order chi connectivity index (χ1) is 8.21. The highest BCUT2D eigenvalue weighted by Gasteiger charge is 2.63. The SMILES string of the molecule is CCC12CC3=CC=Cc4cccc(c4C31C)C2. The number of hydrogen-bond acceptors (Lipinski definition) is 0. The van der Waals surface area contributed by atoms with Crippen LogP contribution in [0.15, 0.2) is 35.9 Å². The van der Waals surface area contributed by atoms with Crippen LogP contribution in [0.5, 0.6) is 0 Å². The zero-order chi connectivity index (χ0) is 11.7. The lowest BCUT2D eigenvalue weighted by Crippen LogP contribution is -2.51. The van der Waals surface area contributed by atoms with Gasteiger partial charge in [-0.25, -0.2) is 0 Å². The van der Waals surface area contributed by atoms with E-state index in [0.29, 0.717) is 10.8 Å². The predicted octanol–water partition coefficient (Wildman–Crippen LogP) is 4.25. The molecule has 3 aliphatic rings. The molecule has 0 amide bonds. The van der Waals surface area contributed by atoms with Crippen LogP contribution in [0.25, 0.3) is 6.08 Å². The molecule has 0 heterocycles. The fourth-order valence-electron chi connectivity index (χ4n) is 4.59. The van der Waals surface area contributed by atoms with E-state index in [-0.39, 0.29) is 0 Å². The van der Waals surface area contributed by atoms with Crippen molar-refractivity contribution < 1.29 is 0 Å². The lowest BCUT2D eigenvalue weighted by molar-refractivity contribution is 0.0922. The molecule has 3 aliphatic carbocycles. The van der Waals surface area contributed by atoms with E-state index < -0.39 is 0 Å². The van der Waals surface area contributed by atoms with Crippen LogP contribution in [0.2, 0.25) is 0 Å². The largest absolute Gasteiger partial charge is 0.0648 e. The lowest BCUT2D eigenvalue weighted by Gasteiger charge is -2.56. The van der Waals surface area contributed by atoms with Crippen molar-refractivity contribution in [3.05, 3.63) is 52.6 Å². The Morgan fingerprint density at radius 2 is 2.12 bits per heavy atom. The second-order valence-corrected chi connectivity index (χ2v) is 6.04. The average Bonchev–Trinajstić information content (AvgIpc) is 2.45. The Hall–Kier alpha value is -1.30. The van der Waals surface area contributed by atoms with Gasteiger partial charge in [-0.1, -0.05) is 55.8 Å². The smallest absolute Gasteiger partial charge is 0.0208 e. The third kappa shape index (κ3) is 0.854. The summed E-state index contributed by atoms with van der Waals surface area (Å²) in [5, 5.41) is 0. The zero-order valence-electron chi connectivity index (χ0n) is 10.6. The van der Waals surface area contributed by atoms with Gasteiger partial charge < -0.3 is 0 Å². The molecule has 1 aromatic rings. The Morgan fingerprint density at radius 3 is 2.94 bits per heavy atom. The molecule has 86 valence electrons. The Morgan fingerprint density at radius 1 is 1.24 bits per heavy atom. The summed E-state index contributed by atoms with van der Waals surface area (Å²) in [6, 6.07) is 6.85. The second-order valence-electron chi connectivity index (χ2n) is 6.04. The summed E-state index contributed by atoms with van der Waals surface area (Å²) in [4.78, 5) is 0. The van der Waals surface area contributed by atoms with E-state index in [1.807, 2.05) is 0 Å². The maximum Gasteiger partial charge on any atom is 0.0208 e. The summed E-state index contributed by atoms with van der Waals surface area (Å²) in [6.07, 6.45) is 10.8. The van der Waals surface area contributed by atoms with Crippen LogP contribution in [-0.2, 0) is 11.8 Å². The molecule has 0 spiro atoms. The molecule has 4 rings (SSSR count). The summed E-state index contributed by atoms with van der Waals surface area (Å²) in [5.41, 5.74) is 7.18. The van der Waals surface area contributed by atoms with Gasteiger partial charge >= 0.3 is 0 Å². The Bertz CT molecular complexity index is 576. The summed E-state index contributed by atoms with van der Waals surface area (Å²) >= 11 is 0. The van der Waals surface area contributed by atoms with Crippen LogP contribution in [0.1, 0.15) is 43.4 Å². The highest BCUT2D eigenvalue weighted by atomic mass is 14.7. The third-order valence-electron chi connectivity index (χ3n) is 5.69. The third-order valence-corrected chi connectivity index (χ3v) is 5.69. The first-order valence-corrected chi connectivity index (χ1v) is 6.71. The van der Waals surface area contributed by atoms with E-state index in [1.54, 1.807) is 16.7 Å². The zero-order valence-corrected chi connectivity index (χ0v) is 10.6. The minimum absolute atomic E-state index is 0.331. The number of allylic oxidation sites excluding steroid dienone is 3. The highest BCUT2D eigenvalue weighted by Crippen LogP contribution is 2.70. The molecule has 0 heteroatoms. The van der Waals surface area contributed by atoms with Gasteiger partial charge in [0.25, 0.3) is 0 Å². The van der Waals surface area contributed by atoms with Gasteiger partial charge in [-0.2, -0.15) is 0 Å². The van der Waals surface area contributed by atoms with Gasteiger partial charge in [0.15, 0.2) is 0 Å². The van der Waals surface area contributed by atoms with Crippen molar-refractivity contribution >= 4 is 6.08 Å². The maximum absolute atomic E-state index is 2.48. The molecule has 2 atom stereocenters. The summed E-state index contributed by atoms with van der Waals surface area (Å²) < 4.78 is 0. The first kappa shape index (κ1) is 9.70. The molecule has 0 aliphatic heterocycles. The van der Waals surface area contributed by atoms with E-state index in [4.69, 9.17) is 0 Å². The van der Waals surface area contributed by atoms with E-state index in [1.165, 1.54) is 24.8 Å². The van der Waals surface area contributed by atoms with Gasteiger partial charge in [0.1, 0.15) is 0 Å². The molecule has 0 bridgehead atoms.